The largest absolute Gasteiger partial charge is 0.339 e. The summed E-state index contributed by atoms with van der Waals surface area (Å²) in [6, 6.07) is 0. The second kappa shape index (κ2) is 8.73. The third-order valence-electron chi connectivity index (χ3n) is 4.07. The third kappa shape index (κ3) is 4.97. The number of rotatable bonds is 7. The van der Waals surface area contributed by atoms with Crippen molar-refractivity contribution in [2.75, 3.05) is 19.6 Å². The van der Waals surface area contributed by atoms with E-state index in [4.69, 9.17) is 4.52 Å². The number of nitrogens with one attached hydrogen (secondary N) is 1. The quantitative estimate of drug-likeness (QED) is 0.820. The molecule has 2 aromatic rings. The van der Waals surface area contributed by atoms with Crippen LogP contribution in [0, 0.1) is 12.8 Å². The van der Waals surface area contributed by atoms with Crippen LogP contribution in [0.25, 0.3) is 0 Å². The minimum Gasteiger partial charge on any atom is -0.339 e. The third-order valence-corrected chi connectivity index (χ3v) is 4.99. The Labute approximate surface area is 147 Å². The van der Waals surface area contributed by atoms with E-state index in [0.29, 0.717) is 11.8 Å². The van der Waals surface area contributed by atoms with Gasteiger partial charge in [0, 0.05) is 24.4 Å². The predicted molar refractivity (Wildman–Crippen MR) is 92.9 cm³/mol. The van der Waals surface area contributed by atoms with Gasteiger partial charge in [0.25, 0.3) is 0 Å². The van der Waals surface area contributed by atoms with Crippen molar-refractivity contribution in [2.45, 2.75) is 39.8 Å². The molecule has 1 saturated heterocycles. The molecule has 8 heteroatoms. The van der Waals surface area contributed by atoms with Gasteiger partial charge in [0.2, 0.25) is 5.89 Å². The first kappa shape index (κ1) is 18.3. The highest BCUT2D eigenvalue weighted by molar-refractivity contribution is 7.09. The Morgan fingerprint density at radius 1 is 1.43 bits per heavy atom. The van der Waals surface area contributed by atoms with Crippen LogP contribution in [0.4, 0.5) is 0 Å². The molecule has 0 amide bonds. The second-order valence-corrected chi connectivity index (χ2v) is 6.79. The molecule has 1 atom stereocenters. The Hall–Kier alpha value is -1.02. The van der Waals surface area contributed by atoms with E-state index >= 15 is 0 Å². The van der Waals surface area contributed by atoms with Gasteiger partial charge in [-0.2, -0.15) is 4.98 Å². The maximum Gasteiger partial charge on any atom is 0.226 e. The van der Waals surface area contributed by atoms with Crippen LogP contribution in [0.2, 0.25) is 0 Å². The van der Waals surface area contributed by atoms with Crippen LogP contribution < -0.4 is 5.32 Å². The van der Waals surface area contributed by atoms with Gasteiger partial charge in [0.15, 0.2) is 5.82 Å². The van der Waals surface area contributed by atoms with Gasteiger partial charge in [-0.25, -0.2) is 4.98 Å². The standard InChI is InChI=1S/C15H23N5OS.ClH/c1-3-15-18-14(19-21-15)9-20(7-12-4-5-16-6-12)8-13-11(2)17-10-22-13;/h10,12,16H,3-9H2,1-2H3;1H. The van der Waals surface area contributed by atoms with Gasteiger partial charge in [-0.3, -0.25) is 4.90 Å². The SMILES string of the molecule is CCc1nc(CN(Cc2scnc2C)CC2CCNC2)no1.Cl. The van der Waals surface area contributed by atoms with E-state index < -0.39 is 0 Å². The molecular formula is C15H24ClN5OS. The summed E-state index contributed by atoms with van der Waals surface area (Å²) >= 11 is 1.72. The summed E-state index contributed by atoms with van der Waals surface area (Å²) in [5, 5.41) is 7.54. The average molecular weight is 358 g/mol. The summed E-state index contributed by atoms with van der Waals surface area (Å²) in [4.78, 5) is 12.5. The number of thiazole rings is 1. The molecule has 23 heavy (non-hydrogen) atoms. The number of hydrogen-bond acceptors (Lipinski definition) is 7. The fraction of sp³-hybridized carbons (Fsp3) is 0.667. The van der Waals surface area contributed by atoms with Crippen LogP contribution in [0.1, 0.15) is 35.6 Å². The van der Waals surface area contributed by atoms with Crippen molar-refractivity contribution in [1.29, 1.82) is 0 Å². The molecule has 6 nitrogen and oxygen atoms in total. The molecular weight excluding hydrogens is 334 g/mol. The lowest BCUT2D eigenvalue weighted by molar-refractivity contribution is 0.214. The molecule has 0 aromatic carbocycles. The first-order valence-corrected chi connectivity index (χ1v) is 8.76. The summed E-state index contributed by atoms with van der Waals surface area (Å²) in [6.07, 6.45) is 2.03. The molecule has 1 N–H and O–H groups in total. The molecule has 2 aromatic heterocycles. The summed E-state index contributed by atoms with van der Waals surface area (Å²) < 4.78 is 5.23. The van der Waals surface area contributed by atoms with Gasteiger partial charge < -0.3 is 9.84 Å². The predicted octanol–water partition coefficient (Wildman–Crippen LogP) is 2.43. The molecule has 1 aliphatic heterocycles. The van der Waals surface area contributed by atoms with Crippen molar-refractivity contribution in [2.24, 2.45) is 5.92 Å². The van der Waals surface area contributed by atoms with Gasteiger partial charge >= 0.3 is 0 Å². The van der Waals surface area contributed by atoms with Crippen molar-refractivity contribution in [3.63, 3.8) is 0 Å². The van der Waals surface area contributed by atoms with E-state index in [-0.39, 0.29) is 12.4 Å². The zero-order valence-corrected chi connectivity index (χ0v) is 15.3. The van der Waals surface area contributed by atoms with Gasteiger partial charge in [-0.05, 0) is 32.4 Å². The first-order valence-electron chi connectivity index (χ1n) is 7.88. The highest BCUT2D eigenvalue weighted by Gasteiger charge is 2.21. The van der Waals surface area contributed by atoms with Crippen LogP contribution in [-0.2, 0) is 19.5 Å². The number of aromatic nitrogens is 3. The molecule has 0 radical (unpaired) electrons. The average Bonchev–Trinajstić information content (AvgIpc) is 3.23. The zero-order chi connectivity index (χ0) is 15.4. The van der Waals surface area contributed by atoms with Crippen molar-refractivity contribution in [3.05, 3.63) is 27.8 Å². The van der Waals surface area contributed by atoms with E-state index in [1.807, 2.05) is 12.4 Å². The second-order valence-electron chi connectivity index (χ2n) is 5.85. The van der Waals surface area contributed by atoms with Crippen molar-refractivity contribution in [3.8, 4) is 0 Å². The van der Waals surface area contributed by atoms with Crippen LogP contribution in [0.5, 0.6) is 0 Å². The van der Waals surface area contributed by atoms with Crippen molar-refractivity contribution < 1.29 is 4.52 Å². The van der Waals surface area contributed by atoms with E-state index in [1.165, 1.54) is 11.3 Å². The number of halogens is 1. The van der Waals surface area contributed by atoms with Crippen LogP contribution in [0.3, 0.4) is 0 Å². The monoisotopic (exact) mass is 357 g/mol. The van der Waals surface area contributed by atoms with E-state index in [0.717, 1.165) is 50.7 Å². The van der Waals surface area contributed by atoms with Crippen molar-refractivity contribution in [1.82, 2.24) is 25.3 Å². The molecule has 128 valence electrons. The Kier molecular flexibility index (Phi) is 6.95. The lowest BCUT2D eigenvalue weighted by Crippen LogP contribution is -2.30. The fourth-order valence-corrected chi connectivity index (χ4v) is 3.62. The van der Waals surface area contributed by atoms with E-state index in [1.54, 1.807) is 11.3 Å². The van der Waals surface area contributed by atoms with Crippen LogP contribution in [-0.4, -0.2) is 39.7 Å². The summed E-state index contributed by atoms with van der Waals surface area (Å²) in [6.45, 7) is 9.02. The molecule has 0 aliphatic carbocycles. The molecule has 3 rings (SSSR count). The highest BCUT2D eigenvalue weighted by Crippen LogP contribution is 2.19. The molecule has 0 spiro atoms. The van der Waals surface area contributed by atoms with Gasteiger partial charge in [0.05, 0.1) is 17.7 Å². The Bertz CT molecular complexity index is 596. The Balaban J connectivity index is 0.00000192. The summed E-state index contributed by atoms with van der Waals surface area (Å²) in [7, 11) is 0. The normalized spacial score (nSPS) is 17.6. The van der Waals surface area contributed by atoms with E-state index in [9.17, 15) is 0 Å². The van der Waals surface area contributed by atoms with Gasteiger partial charge in [-0.1, -0.05) is 12.1 Å². The maximum absolute atomic E-state index is 5.23. The summed E-state index contributed by atoms with van der Waals surface area (Å²) in [5.41, 5.74) is 3.05. The smallest absolute Gasteiger partial charge is 0.226 e. The Morgan fingerprint density at radius 3 is 2.91 bits per heavy atom. The maximum atomic E-state index is 5.23. The lowest BCUT2D eigenvalue weighted by Gasteiger charge is -2.23. The van der Waals surface area contributed by atoms with Crippen LogP contribution >= 0.6 is 23.7 Å². The lowest BCUT2D eigenvalue weighted by atomic mass is 10.1. The summed E-state index contributed by atoms with van der Waals surface area (Å²) in [5.74, 6) is 2.20. The zero-order valence-electron chi connectivity index (χ0n) is 13.6. The molecule has 0 saturated carbocycles. The molecule has 1 fully saturated rings. The first-order chi connectivity index (χ1) is 10.7. The molecule has 1 aliphatic rings. The Morgan fingerprint density at radius 2 is 2.30 bits per heavy atom. The number of nitrogens with zero attached hydrogens (tertiary/aromatic N) is 4. The van der Waals surface area contributed by atoms with Gasteiger partial charge in [-0.15, -0.1) is 23.7 Å². The van der Waals surface area contributed by atoms with Crippen LogP contribution in [0.15, 0.2) is 10.0 Å². The number of aryl methyl sites for hydroxylation is 2. The molecule has 0 bridgehead atoms. The topological polar surface area (TPSA) is 67.1 Å². The fourth-order valence-electron chi connectivity index (χ4n) is 2.80. The van der Waals surface area contributed by atoms with E-state index in [2.05, 4.69) is 32.3 Å². The number of hydrogen-bond donors (Lipinski definition) is 1. The molecule has 3 heterocycles. The molecule has 1 unspecified atom stereocenters. The minimum atomic E-state index is 0. The van der Waals surface area contributed by atoms with Crippen molar-refractivity contribution >= 4 is 23.7 Å². The highest BCUT2D eigenvalue weighted by atomic mass is 35.5. The van der Waals surface area contributed by atoms with Gasteiger partial charge in [0.1, 0.15) is 0 Å². The minimum absolute atomic E-state index is 0.